The van der Waals surface area contributed by atoms with Crippen molar-refractivity contribution >= 4 is 11.6 Å². The molecule has 1 atom stereocenters. The monoisotopic (exact) mass is 283 g/mol. The summed E-state index contributed by atoms with van der Waals surface area (Å²) in [7, 11) is 0. The predicted molar refractivity (Wildman–Crippen MR) is 81.2 cm³/mol. The summed E-state index contributed by atoms with van der Waals surface area (Å²) < 4.78 is 13.5. The molecule has 0 fully saturated rings. The molecule has 0 radical (unpaired) electrons. The second kappa shape index (κ2) is 6.06. The molecule has 0 aromatic heterocycles. The summed E-state index contributed by atoms with van der Waals surface area (Å²) in [6.07, 6.45) is 2.57. The van der Waals surface area contributed by atoms with Gasteiger partial charge in [-0.2, -0.15) is 0 Å². The molecule has 1 rings (SSSR count). The van der Waals surface area contributed by atoms with Gasteiger partial charge in [0, 0.05) is 17.5 Å². The summed E-state index contributed by atoms with van der Waals surface area (Å²) in [5.41, 5.74) is 0.695. The summed E-state index contributed by atoms with van der Waals surface area (Å²) >= 11 is 6.02. The van der Waals surface area contributed by atoms with E-state index in [9.17, 15) is 4.39 Å². The molecule has 0 spiro atoms. The van der Waals surface area contributed by atoms with Crippen molar-refractivity contribution in [2.24, 2.45) is 5.41 Å². The van der Waals surface area contributed by atoms with Crippen molar-refractivity contribution in [1.82, 2.24) is 5.32 Å². The van der Waals surface area contributed by atoms with Crippen molar-refractivity contribution in [1.29, 1.82) is 0 Å². The minimum absolute atomic E-state index is 0.0377. The molecule has 1 aromatic rings. The highest BCUT2D eigenvalue weighted by Gasteiger charge is 2.24. The zero-order chi connectivity index (χ0) is 14.7. The predicted octanol–water partition coefficient (Wildman–Crippen LogP) is 4.60. The van der Waals surface area contributed by atoms with Gasteiger partial charge < -0.3 is 5.32 Å². The Morgan fingerprint density at radius 1 is 1.32 bits per heavy atom. The lowest BCUT2D eigenvalue weighted by Crippen LogP contribution is -2.43. The van der Waals surface area contributed by atoms with Crippen LogP contribution in [0, 0.1) is 11.2 Å². The Kier molecular flexibility index (Phi) is 5.17. The van der Waals surface area contributed by atoms with Gasteiger partial charge >= 0.3 is 0 Å². The van der Waals surface area contributed by atoms with E-state index in [1.54, 1.807) is 6.07 Å². The van der Waals surface area contributed by atoms with Crippen LogP contribution < -0.4 is 5.32 Å². The number of hydrogen-bond donors (Lipinski definition) is 1. The minimum Gasteiger partial charge on any atom is -0.311 e. The average molecular weight is 284 g/mol. The molecule has 0 aliphatic carbocycles. The van der Waals surface area contributed by atoms with E-state index in [2.05, 4.69) is 39.6 Å². The van der Waals surface area contributed by atoms with Crippen LogP contribution in [0.3, 0.4) is 0 Å². The third-order valence-electron chi connectivity index (χ3n) is 3.14. The Morgan fingerprint density at radius 2 is 1.95 bits per heavy atom. The van der Waals surface area contributed by atoms with Gasteiger partial charge in [-0.05, 0) is 38.8 Å². The van der Waals surface area contributed by atoms with Crippen molar-refractivity contribution < 1.29 is 4.39 Å². The summed E-state index contributed by atoms with van der Waals surface area (Å²) in [5, 5.41) is 3.67. The molecule has 1 nitrogen and oxygen atoms in total. The van der Waals surface area contributed by atoms with Crippen LogP contribution in [0.4, 0.5) is 4.39 Å². The van der Waals surface area contributed by atoms with Crippen LogP contribution in [0.5, 0.6) is 0 Å². The molecule has 3 heteroatoms. The fraction of sp³-hybridized carbons (Fsp3) is 0.500. The fourth-order valence-corrected chi connectivity index (χ4v) is 1.99. The van der Waals surface area contributed by atoms with E-state index in [4.69, 9.17) is 11.6 Å². The van der Waals surface area contributed by atoms with E-state index in [1.165, 1.54) is 6.07 Å². The molecule has 0 aliphatic heterocycles. The van der Waals surface area contributed by atoms with Crippen molar-refractivity contribution in [2.75, 3.05) is 6.54 Å². The number of benzene rings is 1. The zero-order valence-electron chi connectivity index (χ0n) is 12.2. The fourth-order valence-electron chi connectivity index (χ4n) is 1.79. The molecule has 0 saturated carbocycles. The molecule has 1 unspecified atom stereocenters. The Bertz CT molecular complexity index is 451. The van der Waals surface area contributed by atoms with Gasteiger partial charge in [0.05, 0.1) is 5.02 Å². The lowest BCUT2D eigenvalue weighted by Gasteiger charge is -2.31. The van der Waals surface area contributed by atoms with E-state index < -0.39 is 0 Å². The second-order valence-electron chi connectivity index (χ2n) is 6.35. The number of nitrogens with one attached hydrogen (secondary N) is 1. The molecular weight excluding hydrogens is 261 g/mol. The molecule has 1 aromatic carbocycles. The van der Waals surface area contributed by atoms with Crippen molar-refractivity contribution in [3.8, 4) is 0 Å². The normalized spacial score (nSPS) is 15.1. The van der Waals surface area contributed by atoms with Crippen molar-refractivity contribution in [3.05, 3.63) is 47.3 Å². The highest BCUT2D eigenvalue weighted by atomic mass is 35.5. The van der Waals surface area contributed by atoms with Crippen molar-refractivity contribution in [3.63, 3.8) is 0 Å². The average Bonchev–Trinajstić information content (AvgIpc) is 2.32. The van der Waals surface area contributed by atoms with Crippen LogP contribution >= 0.6 is 11.6 Å². The maximum atomic E-state index is 13.5. The quantitative estimate of drug-likeness (QED) is 0.779. The lowest BCUT2D eigenvalue weighted by molar-refractivity contribution is 0.322. The van der Waals surface area contributed by atoms with Gasteiger partial charge in [0.25, 0.3) is 0 Å². The third-order valence-corrected chi connectivity index (χ3v) is 3.56. The Balaban J connectivity index is 2.86. The smallest absolute Gasteiger partial charge is 0.142 e. The highest BCUT2D eigenvalue weighted by molar-refractivity contribution is 6.31. The van der Waals surface area contributed by atoms with E-state index in [-0.39, 0.29) is 21.8 Å². The first-order chi connectivity index (χ1) is 8.67. The molecule has 0 heterocycles. The summed E-state index contributed by atoms with van der Waals surface area (Å²) in [6.45, 7) is 13.1. The first-order valence-electron chi connectivity index (χ1n) is 6.48. The van der Waals surface area contributed by atoms with Gasteiger partial charge in [-0.1, -0.05) is 36.7 Å². The van der Waals surface area contributed by atoms with Gasteiger partial charge in [-0.25, -0.2) is 4.39 Å². The number of rotatable bonds is 5. The third kappa shape index (κ3) is 4.96. The largest absolute Gasteiger partial charge is 0.311 e. The van der Waals surface area contributed by atoms with Crippen LogP contribution in [-0.2, 0) is 6.42 Å². The second-order valence-corrected chi connectivity index (χ2v) is 6.73. The number of halogens is 2. The minimum atomic E-state index is -0.366. The van der Waals surface area contributed by atoms with Crippen LogP contribution in [0.2, 0.25) is 5.02 Å². The number of hydrogen-bond acceptors (Lipinski definition) is 1. The van der Waals surface area contributed by atoms with E-state index >= 15 is 0 Å². The standard InChI is InChI=1S/C16H23ClFN/c1-6-16(5,11-19-15(2,3)4)10-12-8-7-9-13(18)14(12)17/h6-9,19H,1,10-11H2,2-5H3. The highest BCUT2D eigenvalue weighted by Crippen LogP contribution is 2.29. The molecular formula is C16H23ClFN. The first-order valence-corrected chi connectivity index (χ1v) is 6.86. The Morgan fingerprint density at radius 3 is 2.47 bits per heavy atom. The molecule has 0 amide bonds. The molecule has 0 bridgehead atoms. The first kappa shape index (κ1) is 16.2. The maximum absolute atomic E-state index is 13.5. The Labute approximate surface area is 120 Å². The SMILES string of the molecule is C=CC(C)(CNC(C)(C)C)Cc1cccc(F)c1Cl. The Hall–Kier alpha value is -0.860. The molecule has 0 saturated heterocycles. The van der Waals surface area contributed by atoms with E-state index in [0.717, 1.165) is 12.1 Å². The summed E-state index contributed by atoms with van der Waals surface area (Å²) in [5.74, 6) is -0.366. The van der Waals surface area contributed by atoms with Gasteiger partial charge in [-0.3, -0.25) is 0 Å². The molecule has 0 aliphatic rings. The summed E-state index contributed by atoms with van der Waals surface area (Å²) in [4.78, 5) is 0. The van der Waals surface area contributed by atoms with E-state index in [0.29, 0.717) is 6.42 Å². The van der Waals surface area contributed by atoms with Crippen LogP contribution in [-0.4, -0.2) is 12.1 Å². The summed E-state index contributed by atoms with van der Waals surface area (Å²) in [6, 6.07) is 4.94. The van der Waals surface area contributed by atoms with Gasteiger partial charge in [-0.15, -0.1) is 6.58 Å². The van der Waals surface area contributed by atoms with Crippen LogP contribution in [0.25, 0.3) is 0 Å². The van der Waals surface area contributed by atoms with Crippen LogP contribution in [0.1, 0.15) is 33.3 Å². The topological polar surface area (TPSA) is 12.0 Å². The molecule has 19 heavy (non-hydrogen) atoms. The zero-order valence-corrected chi connectivity index (χ0v) is 12.9. The van der Waals surface area contributed by atoms with Gasteiger partial charge in [0.1, 0.15) is 5.82 Å². The van der Waals surface area contributed by atoms with Crippen molar-refractivity contribution in [2.45, 2.75) is 39.7 Å². The van der Waals surface area contributed by atoms with Gasteiger partial charge in [0.15, 0.2) is 0 Å². The van der Waals surface area contributed by atoms with Gasteiger partial charge in [0.2, 0.25) is 0 Å². The maximum Gasteiger partial charge on any atom is 0.142 e. The molecule has 1 N–H and O–H groups in total. The molecule has 106 valence electrons. The van der Waals surface area contributed by atoms with E-state index in [1.807, 2.05) is 12.1 Å². The lowest BCUT2D eigenvalue weighted by atomic mass is 9.83. The van der Waals surface area contributed by atoms with Crippen LogP contribution in [0.15, 0.2) is 30.9 Å².